The van der Waals surface area contributed by atoms with Crippen molar-refractivity contribution in [2.75, 3.05) is 0 Å². The van der Waals surface area contributed by atoms with Gasteiger partial charge in [-0.25, -0.2) is 0 Å². The molecule has 76 valence electrons. The van der Waals surface area contributed by atoms with E-state index in [0.717, 1.165) is 6.92 Å². The van der Waals surface area contributed by atoms with Crippen LogP contribution < -0.4 is 0 Å². The quantitative estimate of drug-likeness (QED) is 0.189. The van der Waals surface area contributed by atoms with E-state index >= 15 is 0 Å². The minimum absolute atomic E-state index is 0. The van der Waals surface area contributed by atoms with Crippen molar-refractivity contribution >= 4 is 78.1 Å². The topological polar surface area (TPSA) is 115 Å². The number of hydrogen-bond acceptors (Lipinski definition) is 4. The van der Waals surface area contributed by atoms with E-state index in [1.165, 1.54) is 0 Å². The molecule has 0 saturated heterocycles. The maximum absolute atomic E-state index is 10.5. The largest absolute Gasteiger partial charge is 0.395 e. The summed E-state index contributed by atoms with van der Waals surface area (Å²) in [6.07, 6.45) is 0.978. The van der Waals surface area contributed by atoms with Gasteiger partial charge in [-0.3, -0.25) is 19.4 Å². The molecule has 15 heavy (non-hydrogen) atoms. The fraction of sp³-hybridized carbons (Fsp3) is 0.200. The molecule has 0 aromatic rings. The summed E-state index contributed by atoms with van der Waals surface area (Å²) >= 11 is 0. The first kappa shape index (κ1) is 21.3. The molecule has 0 aliphatic carbocycles. The Hall–Kier alpha value is 0.990. The number of carbonyl (C=O) groups is 2. The van der Waals surface area contributed by atoms with Crippen molar-refractivity contribution in [3.63, 3.8) is 0 Å². The summed E-state index contributed by atoms with van der Waals surface area (Å²) in [5.74, 6) is -0.783. The average Bonchev–Trinajstić information content (AvgIpc) is 1.97. The van der Waals surface area contributed by atoms with Gasteiger partial charge in [0, 0.05) is 78.3 Å². The van der Waals surface area contributed by atoms with Gasteiger partial charge in [0.15, 0.2) is 0 Å². The normalized spacial score (nSPS) is 10.1. The minimum Gasteiger partial charge on any atom is -0.319 e. The maximum Gasteiger partial charge on any atom is 0.395 e. The summed E-state index contributed by atoms with van der Waals surface area (Å²) in [5.41, 5.74) is -1.48. The number of nitrogens with zero attached hydrogens (tertiary/aromatic N) is 1. The molecule has 2 radical (unpaired) electrons. The third-order valence-corrected chi connectivity index (χ3v) is 1.69. The Kier molecular flexibility index (Phi) is 12.9. The molecule has 0 aliphatic rings. The first-order valence-corrected chi connectivity index (χ1v) is 4.63. The molecule has 10 heteroatoms. The second kappa shape index (κ2) is 9.07. The van der Waals surface area contributed by atoms with Crippen LogP contribution in [0.4, 0.5) is 0 Å². The van der Waals surface area contributed by atoms with Crippen molar-refractivity contribution in [2.45, 2.75) is 6.92 Å². The molecule has 0 saturated carbocycles. The first-order chi connectivity index (χ1) is 5.75. The van der Waals surface area contributed by atoms with Gasteiger partial charge in [0.1, 0.15) is 0 Å². The van der Waals surface area contributed by atoms with Gasteiger partial charge in [0.25, 0.3) is 5.52 Å². The van der Waals surface area contributed by atoms with E-state index < -0.39 is 19.0 Å². The Morgan fingerprint density at radius 1 is 1.27 bits per heavy atom. The molecule has 0 heterocycles. The van der Waals surface area contributed by atoms with E-state index in [2.05, 4.69) is 0 Å². The SMILES string of the molecule is CC(=O)N(O)C=CC(=O)P(=O)(O)O.[Na].[Na]. The van der Waals surface area contributed by atoms with Gasteiger partial charge in [-0.05, 0) is 0 Å². The van der Waals surface area contributed by atoms with Gasteiger partial charge in [0.2, 0.25) is 5.91 Å². The van der Waals surface area contributed by atoms with Gasteiger partial charge in [0.05, 0.1) is 0 Å². The van der Waals surface area contributed by atoms with Gasteiger partial charge in [-0.2, -0.15) is 5.06 Å². The van der Waals surface area contributed by atoms with Crippen LogP contribution in [0.5, 0.6) is 0 Å². The molecule has 0 spiro atoms. The van der Waals surface area contributed by atoms with Crippen LogP contribution in [0.25, 0.3) is 0 Å². The zero-order valence-corrected chi connectivity index (χ0v) is 13.5. The fourth-order valence-electron chi connectivity index (χ4n) is 0.336. The molecule has 0 atom stereocenters. The van der Waals surface area contributed by atoms with Crippen LogP contribution >= 0.6 is 7.60 Å². The van der Waals surface area contributed by atoms with E-state index in [1.807, 2.05) is 0 Å². The number of hydrogen-bond donors (Lipinski definition) is 3. The minimum atomic E-state index is -4.82. The van der Waals surface area contributed by atoms with Gasteiger partial charge in [-0.1, -0.05) is 0 Å². The van der Waals surface area contributed by atoms with Crippen molar-refractivity contribution in [3.8, 4) is 0 Å². The zero-order valence-electron chi connectivity index (χ0n) is 8.62. The zero-order chi connectivity index (χ0) is 10.6. The Labute approximate surface area is 130 Å². The molecule has 0 bridgehead atoms. The molecule has 3 N–H and O–H groups in total. The molecule has 0 unspecified atom stereocenters. The van der Waals surface area contributed by atoms with Gasteiger partial charge < -0.3 is 9.79 Å². The van der Waals surface area contributed by atoms with Crippen molar-refractivity contribution in [2.24, 2.45) is 0 Å². The second-order valence-corrected chi connectivity index (χ2v) is 3.59. The molecule has 0 aromatic carbocycles. The summed E-state index contributed by atoms with van der Waals surface area (Å²) in [7, 11) is -4.82. The number of allylic oxidation sites excluding steroid dienone is 1. The van der Waals surface area contributed by atoms with E-state index in [1.54, 1.807) is 0 Å². The fourth-order valence-corrected chi connectivity index (χ4v) is 0.597. The van der Waals surface area contributed by atoms with Crippen LogP contribution in [0.15, 0.2) is 12.3 Å². The van der Waals surface area contributed by atoms with Crippen molar-refractivity contribution in [1.82, 2.24) is 5.06 Å². The molecule has 0 fully saturated rings. The molecule has 7 nitrogen and oxygen atoms in total. The summed E-state index contributed by atoms with van der Waals surface area (Å²) in [6.45, 7) is 1.01. The standard InChI is InChI=1S/C5H8NO6P.2Na/c1-4(7)6(9)3-2-5(8)13(10,11)12;;/h2-3,9H,1H3,(H2,10,11,12);;. The summed E-state index contributed by atoms with van der Waals surface area (Å²) in [6, 6.07) is 0. The van der Waals surface area contributed by atoms with Crippen LogP contribution in [0, 0.1) is 0 Å². The van der Waals surface area contributed by atoms with E-state index in [0.29, 0.717) is 12.3 Å². The Morgan fingerprint density at radius 3 is 1.93 bits per heavy atom. The summed E-state index contributed by atoms with van der Waals surface area (Å²) in [4.78, 5) is 37.3. The van der Waals surface area contributed by atoms with Gasteiger partial charge >= 0.3 is 7.60 Å². The number of carbonyl (C=O) groups excluding carboxylic acids is 2. The maximum atomic E-state index is 10.5. The molecular formula is C5H8NNa2O6P. The van der Waals surface area contributed by atoms with Crippen LogP contribution in [0.2, 0.25) is 0 Å². The average molecular weight is 255 g/mol. The third-order valence-electron chi connectivity index (χ3n) is 0.968. The van der Waals surface area contributed by atoms with E-state index in [-0.39, 0.29) is 64.2 Å². The van der Waals surface area contributed by atoms with E-state index in [4.69, 9.17) is 15.0 Å². The number of rotatable bonds is 3. The molecular weight excluding hydrogens is 247 g/mol. The molecule has 1 amide bonds. The van der Waals surface area contributed by atoms with Crippen molar-refractivity contribution in [1.29, 1.82) is 0 Å². The van der Waals surface area contributed by atoms with Crippen LogP contribution in [0.3, 0.4) is 0 Å². The molecule has 0 aliphatic heterocycles. The first-order valence-electron chi connectivity index (χ1n) is 3.02. The van der Waals surface area contributed by atoms with E-state index in [9.17, 15) is 14.2 Å². The Morgan fingerprint density at radius 2 is 1.67 bits per heavy atom. The Balaban J connectivity index is -0.000000720. The number of hydroxylamine groups is 2. The Bertz CT molecular complexity index is 300. The van der Waals surface area contributed by atoms with Crippen molar-refractivity contribution in [3.05, 3.63) is 12.3 Å². The van der Waals surface area contributed by atoms with Crippen LogP contribution in [-0.2, 0) is 14.2 Å². The third kappa shape index (κ3) is 9.89. The molecule has 0 rings (SSSR count). The number of amides is 1. The predicted octanol–water partition coefficient (Wildman–Crippen LogP) is -1.32. The molecule has 0 aromatic heterocycles. The predicted molar refractivity (Wildman–Crippen MR) is 52.0 cm³/mol. The van der Waals surface area contributed by atoms with Crippen molar-refractivity contribution < 1.29 is 29.1 Å². The van der Waals surface area contributed by atoms with Gasteiger partial charge in [-0.15, -0.1) is 0 Å². The van der Waals surface area contributed by atoms with Crippen LogP contribution in [0.1, 0.15) is 6.92 Å². The monoisotopic (exact) mass is 255 g/mol. The smallest absolute Gasteiger partial charge is 0.319 e. The second-order valence-electron chi connectivity index (χ2n) is 2.06. The van der Waals surface area contributed by atoms with Crippen LogP contribution in [-0.4, -0.2) is 90.6 Å². The summed E-state index contributed by atoms with van der Waals surface area (Å²) in [5, 5.41) is 8.67. The summed E-state index contributed by atoms with van der Waals surface area (Å²) < 4.78 is 10.2.